The van der Waals surface area contributed by atoms with Gasteiger partial charge in [-0.25, -0.2) is 9.18 Å². The summed E-state index contributed by atoms with van der Waals surface area (Å²) < 4.78 is 18.6. The summed E-state index contributed by atoms with van der Waals surface area (Å²) in [5.41, 5.74) is 2.01. The van der Waals surface area contributed by atoms with Crippen molar-refractivity contribution in [1.82, 2.24) is 9.97 Å². The van der Waals surface area contributed by atoms with E-state index in [1.807, 2.05) is 0 Å². The Morgan fingerprint density at radius 1 is 1.05 bits per heavy atom. The molecule has 0 aliphatic carbocycles. The van der Waals surface area contributed by atoms with E-state index in [1.54, 1.807) is 48.8 Å². The number of esters is 1. The highest BCUT2D eigenvalue weighted by Gasteiger charge is 2.10. The van der Waals surface area contributed by atoms with E-state index < -0.39 is 11.8 Å². The van der Waals surface area contributed by atoms with Crippen LogP contribution in [0.3, 0.4) is 0 Å². The Morgan fingerprint density at radius 3 is 2.62 bits per heavy atom. The van der Waals surface area contributed by atoms with Crippen molar-refractivity contribution in [2.75, 3.05) is 0 Å². The number of hydrogen-bond donors (Lipinski definition) is 0. The van der Waals surface area contributed by atoms with Crippen molar-refractivity contribution in [3.8, 4) is 0 Å². The molecule has 0 aliphatic heterocycles. The third-order valence-corrected chi connectivity index (χ3v) is 3.02. The lowest BCUT2D eigenvalue weighted by Gasteiger charge is -2.06. The van der Waals surface area contributed by atoms with Gasteiger partial charge < -0.3 is 4.74 Å². The van der Waals surface area contributed by atoms with Crippen molar-refractivity contribution in [3.63, 3.8) is 0 Å². The van der Waals surface area contributed by atoms with Crippen molar-refractivity contribution in [3.05, 3.63) is 71.8 Å². The van der Waals surface area contributed by atoms with Crippen LogP contribution in [0.1, 0.15) is 15.9 Å². The Labute approximate surface area is 120 Å². The largest absolute Gasteiger partial charge is 0.457 e. The van der Waals surface area contributed by atoms with Gasteiger partial charge in [0.2, 0.25) is 0 Å². The number of halogens is 1. The molecule has 21 heavy (non-hydrogen) atoms. The number of rotatable bonds is 3. The SMILES string of the molecule is O=C(OCc1ccccc1F)c1ccc2nccnc2c1. The molecule has 0 saturated heterocycles. The third kappa shape index (κ3) is 2.86. The smallest absolute Gasteiger partial charge is 0.338 e. The average molecular weight is 282 g/mol. The first kappa shape index (κ1) is 13.2. The van der Waals surface area contributed by atoms with Gasteiger partial charge in [-0.05, 0) is 24.3 Å². The van der Waals surface area contributed by atoms with Crippen LogP contribution in [0, 0.1) is 5.82 Å². The minimum atomic E-state index is -0.522. The minimum Gasteiger partial charge on any atom is -0.457 e. The molecule has 0 radical (unpaired) electrons. The molecule has 5 heteroatoms. The van der Waals surface area contributed by atoms with Gasteiger partial charge in [-0.1, -0.05) is 18.2 Å². The summed E-state index contributed by atoms with van der Waals surface area (Å²) in [6.07, 6.45) is 3.13. The number of fused-ring (bicyclic) bond motifs is 1. The van der Waals surface area contributed by atoms with Crippen LogP contribution >= 0.6 is 0 Å². The average Bonchev–Trinajstić information content (AvgIpc) is 2.53. The van der Waals surface area contributed by atoms with Gasteiger partial charge in [0.05, 0.1) is 16.6 Å². The number of aromatic nitrogens is 2. The van der Waals surface area contributed by atoms with Crippen molar-refractivity contribution >= 4 is 17.0 Å². The summed E-state index contributed by atoms with van der Waals surface area (Å²) in [4.78, 5) is 20.2. The molecule has 0 N–H and O–H groups in total. The maximum absolute atomic E-state index is 13.4. The van der Waals surface area contributed by atoms with Gasteiger partial charge in [0, 0.05) is 18.0 Å². The van der Waals surface area contributed by atoms with Crippen LogP contribution in [0.5, 0.6) is 0 Å². The molecule has 104 valence electrons. The number of hydrogen-bond acceptors (Lipinski definition) is 4. The van der Waals surface area contributed by atoms with Gasteiger partial charge in [-0.15, -0.1) is 0 Å². The van der Waals surface area contributed by atoms with Crippen LogP contribution < -0.4 is 0 Å². The summed E-state index contributed by atoms with van der Waals surface area (Å²) >= 11 is 0. The maximum Gasteiger partial charge on any atom is 0.338 e. The molecule has 0 spiro atoms. The van der Waals surface area contributed by atoms with E-state index in [9.17, 15) is 9.18 Å². The molecule has 1 heterocycles. The van der Waals surface area contributed by atoms with E-state index in [4.69, 9.17) is 4.74 Å². The Bertz CT molecular complexity index is 805. The molecule has 2 aromatic carbocycles. The van der Waals surface area contributed by atoms with Crippen LogP contribution in [-0.2, 0) is 11.3 Å². The summed E-state index contributed by atoms with van der Waals surface area (Å²) in [5.74, 6) is -0.916. The molecular formula is C16H11FN2O2. The molecule has 1 aromatic heterocycles. The van der Waals surface area contributed by atoms with Crippen molar-refractivity contribution in [2.24, 2.45) is 0 Å². The Kier molecular flexibility index (Phi) is 3.55. The molecule has 0 fully saturated rings. The fourth-order valence-corrected chi connectivity index (χ4v) is 1.93. The van der Waals surface area contributed by atoms with E-state index in [-0.39, 0.29) is 6.61 Å². The minimum absolute atomic E-state index is 0.107. The summed E-state index contributed by atoms with van der Waals surface area (Å²) in [6, 6.07) is 11.1. The third-order valence-electron chi connectivity index (χ3n) is 3.02. The van der Waals surface area contributed by atoms with E-state index in [1.165, 1.54) is 6.07 Å². The standard InChI is InChI=1S/C16H11FN2O2/c17-13-4-2-1-3-12(13)10-21-16(20)11-5-6-14-15(9-11)19-8-7-18-14/h1-9H,10H2. The maximum atomic E-state index is 13.4. The molecular weight excluding hydrogens is 271 g/mol. The number of ether oxygens (including phenoxy) is 1. The van der Waals surface area contributed by atoms with E-state index in [0.717, 1.165) is 0 Å². The Morgan fingerprint density at radius 2 is 1.81 bits per heavy atom. The van der Waals surface area contributed by atoms with Crippen molar-refractivity contribution in [1.29, 1.82) is 0 Å². The van der Waals surface area contributed by atoms with Gasteiger partial charge in [0.1, 0.15) is 12.4 Å². The van der Waals surface area contributed by atoms with Gasteiger partial charge in [0.15, 0.2) is 0 Å². The molecule has 0 amide bonds. The predicted octanol–water partition coefficient (Wildman–Crippen LogP) is 3.13. The van der Waals surface area contributed by atoms with Gasteiger partial charge in [-0.3, -0.25) is 9.97 Å². The van der Waals surface area contributed by atoms with E-state index in [0.29, 0.717) is 22.2 Å². The summed E-state index contributed by atoms with van der Waals surface area (Å²) in [6.45, 7) is -0.107. The lowest BCUT2D eigenvalue weighted by atomic mass is 10.2. The molecule has 0 atom stereocenters. The predicted molar refractivity (Wildman–Crippen MR) is 75.1 cm³/mol. The topological polar surface area (TPSA) is 52.1 Å². The fraction of sp³-hybridized carbons (Fsp3) is 0.0625. The van der Waals surface area contributed by atoms with Crippen LogP contribution in [0.2, 0.25) is 0 Å². The van der Waals surface area contributed by atoms with Gasteiger partial charge in [0.25, 0.3) is 0 Å². The zero-order valence-corrected chi connectivity index (χ0v) is 11.0. The summed E-state index contributed by atoms with van der Waals surface area (Å²) in [5, 5.41) is 0. The molecule has 3 aromatic rings. The van der Waals surface area contributed by atoms with Crippen molar-refractivity contribution < 1.29 is 13.9 Å². The van der Waals surface area contributed by atoms with Gasteiger partial charge in [-0.2, -0.15) is 0 Å². The zero-order chi connectivity index (χ0) is 14.7. The molecule has 0 unspecified atom stereocenters. The second-order valence-electron chi connectivity index (χ2n) is 4.43. The number of carbonyl (C=O) groups excluding carboxylic acids is 1. The van der Waals surface area contributed by atoms with Crippen LogP contribution in [0.25, 0.3) is 11.0 Å². The van der Waals surface area contributed by atoms with E-state index in [2.05, 4.69) is 9.97 Å². The van der Waals surface area contributed by atoms with E-state index >= 15 is 0 Å². The number of nitrogens with zero attached hydrogens (tertiary/aromatic N) is 2. The number of benzene rings is 2. The molecule has 4 nitrogen and oxygen atoms in total. The van der Waals surface area contributed by atoms with Crippen LogP contribution in [-0.4, -0.2) is 15.9 Å². The monoisotopic (exact) mass is 282 g/mol. The van der Waals surface area contributed by atoms with Crippen LogP contribution in [0.4, 0.5) is 4.39 Å². The quantitative estimate of drug-likeness (QED) is 0.692. The zero-order valence-electron chi connectivity index (χ0n) is 11.0. The first-order valence-electron chi connectivity index (χ1n) is 6.35. The lowest BCUT2D eigenvalue weighted by Crippen LogP contribution is -2.06. The summed E-state index contributed by atoms with van der Waals surface area (Å²) in [7, 11) is 0. The normalized spacial score (nSPS) is 10.5. The highest BCUT2D eigenvalue weighted by atomic mass is 19.1. The Hall–Kier alpha value is -2.82. The number of carbonyl (C=O) groups is 1. The molecule has 3 rings (SSSR count). The second-order valence-corrected chi connectivity index (χ2v) is 4.43. The molecule has 0 aliphatic rings. The first-order valence-corrected chi connectivity index (χ1v) is 6.35. The highest BCUT2D eigenvalue weighted by Crippen LogP contribution is 2.13. The first-order chi connectivity index (χ1) is 10.2. The second kappa shape index (κ2) is 5.66. The van der Waals surface area contributed by atoms with Gasteiger partial charge >= 0.3 is 5.97 Å². The highest BCUT2D eigenvalue weighted by molar-refractivity contribution is 5.93. The molecule has 0 bridgehead atoms. The fourth-order valence-electron chi connectivity index (χ4n) is 1.93. The van der Waals surface area contributed by atoms with Crippen LogP contribution in [0.15, 0.2) is 54.9 Å². The van der Waals surface area contributed by atoms with Crippen molar-refractivity contribution in [2.45, 2.75) is 6.61 Å². The molecule has 0 saturated carbocycles. The Balaban J connectivity index is 1.76. The lowest BCUT2D eigenvalue weighted by molar-refractivity contribution is 0.0469.